The molecule has 0 saturated carbocycles. The molecular formula is C20H21ClN2O3. The molecule has 0 heterocycles. The minimum atomic E-state index is -0.360. The molecule has 0 saturated heterocycles. The quantitative estimate of drug-likeness (QED) is 0.579. The molecule has 2 aromatic carbocycles. The van der Waals surface area contributed by atoms with Crippen LogP contribution in [0.1, 0.15) is 40.1 Å². The van der Waals surface area contributed by atoms with Gasteiger partial charge in [0.25, 0.3) is 5.91 Å². The zero-order chi connectivity index (χ0) is 19.1. The number of nitrogens with one attached hydrogen (secondary N) is 2. The number of halogens is 1. The summed E-state index contributed by atoms with van der Waals surface area (Å²) in [5, 5.41) is 5.98. The first kappa shape index (κ1) is 19.7. The Bertz CT molecular complexity index is 801. The zero-order valence-corrected chi connectivity index (χ0v) is 15.5. The summed E-state index contributed by atoms with van der Waals surface area (Å²) in [7, 11) is 0. The van der Waals surface area contributed by atoms with Crippen molar-refractivity contribution in [2.45, 2.75) is 13.8 Å². The minimum Gasteiger partial charge on any atom is -0.354 e. The van der Waals surface area contributed by atoms with Gasteiger partial charge in [0.2, 0.25) is 5.91 Å². The maximum absolute atomic E-state index is 12.7. The van der Waals surface area contributed by atoms with Crippen LogP contribution in [0.15, 0.2) is 48.5 Å². The average Bonchev–Trinajstić information content (AvgIpc) is 2.64. The van der Waals surface area contributed by atoms with Gasteiger partial charge in [0, 0.05) is 35.2 Å². The predicted molar refractivity (Wildman–Crippen MR) is 102 cm³/mol. The van der Waals surface area contributed by atoms with E-state index in [1.807, 2.05) is 0 Å². The van der Waals surface area contributed by atoms with Crippen LogP contribution in [0, 0.1) is 5.92 Å². The molecule has 0 aliphatic rings. The molecule has 6 heteroatoms. The summed E-state index contributed by atoms with van der Waals surface area (Å²) in [5.74, 6) is -0.789. The van der Waals surface area contributed by atoms with Gasteiger partial charge in [-0.2, -0.15) is 0 Å². The number of carbonyl (C=O) groups is 3. The van der Waals surface area contributed by atoms with Crippen LogP contribution in [0.5, 0.6) is 0 Å². The van der Waals surface area contributed by atoms with Crippen molar-refractivity contribution in [2.75, 3.05) is 13.1 Å². The molecule has 0 spiro atoms. The van der Waals surface area contributed by atoms with Gasteiger partial charge in [0.15, 0.2) is 5.78 Å². The Morgan fingerprint density at radius 1 is 0.885 bits per heavy atom. The van der Waals surface area contributed by atoms with Crippen molar-refractivity contribution in [3.8, 4) is 0 Å². The summed E-state index contributed by atoms with van der Waals surface area (Å²) in [5.41, 5.74) is 1.07. The van der Waals surface area contributed by atoms with Crippen LogP contribution in [0.2, 0.25) is 5.02 Å². The van der Waals surface area contributed by atoms with Crippen LogP contribution in [-0.4, -0.2) is 30.7 Å². The third-order valence-corrected chi connectivity index (χ3v) is 4.01. The van der Waals surface area contributed by atoms with Gasteiger partial charge in [0.05, 0.1) is 5.56 Å². The molecule has 0 unspecified atom stereocenters. The van der Waals surface area contributed by atoms with Gasteiger partial charge in [-0.25, -0.2) is 0 Å². The van der Waals surface area contributed by atoms with Crippen molar-refractivity contribution >= 4 is 29.2 Å². The monoisotopic (exact) mass is 372 g/mol. The third-order valence-electron chi connectivity index (χ3n) is 3.76. The third kappa shape index (κ3) is 5.17. The Balaban J connectivity index is 2.06. The Morgan fingerprint density at radius 3 is 2.08 bits per heavy atom. The molecule has 26 heavy (non-hydrogen) atoms. The number of carbonyl (C=O) groups excluding carboxylic acids is 3. The first-order chi connectivity index (χ1) is 12.4. The van der Waals surface area contributed by atoms with Crippen LogP contribution in [0.25, 0.3) is 0 Å². The van der Waals surface area contributed by atoms with E-state index in [1.54, 1.807) is 62.4 Å². The van der Waals surface area contributed by atoms with Gasteiger partial charge < -0.3 is 10.6 Å². The maximum Gasteiger partial charge on any atom is 0.252 e. The molecule has 5 nitrogen and oxygen atoms in total. The molecule has 2 amide bonds. The Kier molecular flexibility index (Phi) is 6.92. The fraction of sp³-hybridized carbons (Fsp3) is 0.250. The van der Waals surface area contributed by atoms with Gasteiger partial charge in [-0.15, -0.1) is 0 Å². The Morgan fingerprint density at radius 2 is 1.46 bits per heavy atom. The van der Waals surface area contributed by atoms with Crippen LogP contribution in [0.3, 0.4) is 0 Å². The fourth-order valence-corrected chi connectivity index (χ4v) is 2.42. The van der Waals surface area contributed by atoms with Crippen LogP contribution in [0.4, 0.5) is 0 Å². The highest BCUT2D eigenvalue weighted by Crippen LogP contribution is 2.17. The molecular weight excluding hydrogens is 352 g/mol. The molecule has 0 bridgehead atoms. The summed E-state index contributed by atoms with van der Waals surface area (Å²) >= 11 is 5.85. The van der Waals surface area contributed by atoms with Crippen molar-refractivity contribution in [2.24, 2.45) is 5.92 Å². The molecule has 136 valence electrons. The number of rotatable bonds is 7. The highest BCUT2D eigenvalue weighted by atomic mass is 35.5. The number of benzene rings is 2. The molecule has 0 radical (unpaired) electrons. The Labute approximate surface area is 157 Å². The zero-order valence-electron chi connectivity index (χ0n) is 14.7. The minimum absolute atomic E-state index is 0.0717. The van der Waals surface area contributed by atoms with Crippen molar-refractivity contribution in [3.05, 3.63) is 70.2 Å². The number of hydrogen-bond donors (Lipinski definition) is 2. The average molecular weight is 373 g/mol. The molecule has 2 aromatic rings. The van der Waals surface area contributed by atoms with E-state index in [9.17, 15) is 14.4 Å². The molecule has 0 atom stereocenters. The lowest BCUT2D eigenvalue weighted by atomic mass is 9.98. The van der Waals surface area contributed by atoms with Gasteiger partial charge in [-0.05, 0) is 30.3 Å². The van der Waals surface area contributed by atoms with E-state index < -0.39 is 0 Å². The van der Waals surface area contributed by atoms with E-state index in [4.69, 9.17) is 11.6 Å². The predicted octanol–water partition coefficient (Wildman–Crippen LogP) is 3.07. The SMILES string of the molecule is CC(C)C(=O)NCCNC(=O)c1ccccc1C(=O)c1ccc(Cl)cc1. The molecule has 0 fully saturated rings. The molecule has 2 rings (SSSR count). The summed E-state index contributed by atoms with van der Waals surface area (Å²) in [6.07, 6.45) is 0. The normalized spacial score (nSPS) is 10.5. The maximum atomic E-state index is 12.7. The van der Waals surface area contributed by atoms with E-state index in [1.165, 1.54) is 0 Å². The topological polar surface area (TPSA) is 75.3 Å². The van der Waals surface area contributed by atoms with Crippen LogP contribution in [-0.2, 0) is 4.79 Å². The molecule has 0 aliphatic heterocycles. The van der Waals surface area contributed by atoms with E-state index >= 15 is 0 Å². The van der Waals surface area contributed by atoms with E-state index in [-0.39, 0.29) is 30.1 Å². The van der Waals surface area contributed by atoms with Gasteiger partial charge in [-0.1, -0.05) is 43.6 Å². The van der Waals surface area contributed by atoms with Crippen LogP contribution >= 0.6 is 11.6 Å². The largest absolute Gasteiger partial charge is 0.354 e. The van der Waals surface area contributed by atoms with Crippen molar-refractivity contribution in [1.29, 1.82) is 0 Å². The highest BCUT2D eigenvalue weighted by molar-refractivity contribution is 6.30. The lowest BCUT2D eigenvalue weighted by Gasteiger charge is -2.11. The first-order valence-corrected chi connectivity index (χ1v) is 8.73. The second kappa shape index (κ2) is 9.15. The highest BCUT2D eigenvalue weighted by Gasteiger charge is 2.17. The number of amides is 2. The summed E-state index contributed by atoms with van der Waals surface area (Å²) in [6.45, 7) is 4.20. The molecule has 0 aliphatic carbocycles. The standard InChI is InChI=1S/C20H21ClN2O3/c1-13(2)19(25)22-11-12-23-20(26)17-6-4-3-5-16(17)18(24)14-7-9-15(21)10-8-14/h3-10,13H,11-12H2,1-2H3,(H,22,25)(H,23,26). The van der Waals surface area contributed by atoms with Crippen molar-refractivity contribution in [3.63, 3.8) is 0 Å². The smallest absolute Gasteiger partial charge is 0.252 e. The van der Waals surface area contributed by atoms with E-state index in [2.05, 4.69) is 10.6 Å². The number of ketones is 1. The first-order valence-electron chi connectivity index (χ1n) is 8.35. The summed E-state index contributed by atoms with van der Waals surface area (Å²) < 4.78 is 0. The molecule has 2 N–H and O–H groups in total. The van der Waals surface area contributed by atoms with Gasteiger partial charge in [-0.3, -0.25) is 14.4 Å². The fourth-order valence-electron chi connectivity index (χ4n) is 2.30. The summed E-state index contributed by atoms with van der Waals surface area (Å²) in [4.78, 5) is 36.6. The van der Waals surface area contributed by atoms with E-state index in [0.29, 0.717) is 28.3 Å². The molecule has 0 aromatic heterocycles. The number of hydrogen-bond acceptors (Lipinski definition) is 3. The lowest BCUT2D eigenvalue weighted by molar-refractivity contribution is -0.123. The van der Waals surface area contributed by atoms with Crippen molar-refractivity contribution < 1.29 is 14.4 Å². The second-order valence-corrected chi connectivity index (χ2v) is 6.52. The summed E-state index contributed by atoms with van der Waals surface area (Å²) in [6, 6.07) is 13.2. The van der Waals surface area contributed by atoms with Crippen molar-refractivity contribution in [1.82, 2.24) is 10.6 Å². The van der Waals surface area contributed by atoms with E-state index in [0.717, 1.165) is 0 Å². The Hall–Kier alpha value is -2.66. The lowest BCUT2D eigenvalue weighted by Crippen LogP contribution is -2.36. The second-order valence-electron chi connectivity index (χ2n) is 6.08. The van der Waals surface area contributed by atoms with Crippen LogP contribution < -0.4 is 10.6 Å². The van der Waals surface area contributed by atoms with Gasteiger partial charge >= 0.3 is 0 Å². The van der Waals surface area contributed by atoms with Gasteiger partial charge in [0.1, 0.15) is 0 Å².